The molecule has 0 unspecified atom stereocenters. The van der Waals surface area contributed by atoms with Crippen LogP contribution < -0.4 is 5.73 Å². The van der Waals surface area contributed by atoms with Gasteiger partial charge in [0.25, 0.3) is 5.91 Å². The summed E-state index contributed by atoms with van der Waals surface area (Å²) in [5, 5.41) is 3.69. The van der Waals surface area contributed by atoms with Crippen molar-refractivity contribution < 1.29 is 4.79 Å². The van der Waals surface area contributed by atoms with E-state index in [0.29, 0.717) is 24.5 Å². The van der Waals surface area contributed by atoms with Crippen LogP contribution in [0.5, 0.6) is 0 Å². The topological polar surface area (TPSA) is 72.1 Å². The van der Waals surface area contributed by atoms with E-state index in [4.69, 9.17) is 5.73 Å². The van der Waals surface area contributed by atoms with Gasteiger partial charge in [-0.05, 0) is 23.5 Å². The Balaban J connectivity index is 1.98. The molecule has 1 aromatic carbocycles. The number of hydrogen-bond donors (Lipinski definition) is 1. The maximum absolute atomic E-state index is 12.2. The van der Waals surface area contributed by atoms with Crippen LogP contribution in [-0.2, 0) is 6.42 Å². The lowest BCUT2D eigenvalue weighted by Gasteiger charge is -2.21. The van der Waals surface area contributed by atoms with Crippen LogP contribution in [0.1, 0.15) is 15.2 Å². The standard InChI is InChI=1S/C13H16N4OS/c14-7-9-17(13(18)12-10-15-16-19-12)8-6-11-4-2-1-3-5-11/h1-5,10H,6-9,14H2. The molecule has 2 N–H and O–H groups in total. The largest absolute Gasteiger partial charge is 0.336 e. The van der Waals surface area contributed by atoms with Crippen LogP contribution in [0.3, 0.4) is 0 Å². The highest BCUT2D eigenvalue weighted by Gasteiger charge is 2.16. The van der Waals surface area contributed by atoms with Crippen molar-refractivity contribution in [3.05, 3.63) is 47.0 Å². The molecule has 0 fully saturated rings. The summed E-state index contributed by atoms with van der Waals surface area (Å²) in [7, 11) is 0. The summed E-state index contributed by atoms with van der Waals surface area (Å²) in [5.41, 5.74) is 6.78. The van der Waals surface area contributed by atoms with Crippen molar-refractivity contribution in [2.75, 3.05) is 19.6 Å². The number of benzene rings is 1. The first kappa shape index (κ1) is 13.6. The summed E-state index contributed by atoms with van der Waals surface area (Å²) in [6, 6.07) is 10.1. The molecule has 0 aliphatic heterocycles. The lowest BCUT2D eigenvalue weighted by Crippen LogP contribution is -2.36. The molecule has 0 atom stereocenters. The van der Waals surface area contributed by atoms with E-state index in [9.17, 15) is 4.79 Å². The van der Waals surface area contributed by atoms with Crippen molar-refractivity contribution in [3.63, 3.8) is 0 Å². The molecule has 1 heterocycles. The summed E-state index contributed by atoms with van der Waals surface area (Å²) in [5.74, 6) is -0.0450. The molecule has 0 aliphatic rings. The van der Waals surface area contributed by atoms with Crippen LogP contribution in [0.2, 0.25) is 0 Å². The van der Waals surface area contributed by atoms with E-state index in [2.05, 4.69) is 21.7 Å². The lowest BCUT2D eigenvalue weighted by molar-refractivity contribution is 0.0766. The van der Waals surface area contributed by atoms with E-state index in [-0.39, 0.29) is 5.91 Å². The second kappa shape index (κ2) is 6.96. The minimum Gasteiger partial charge on any atom is -0.336 e. The number of carbonyl (C=O) groups excluding carboxylic acids is 1. The van der Waals surface area contributed by atoms with E-state index < -0.39 is 0 Å². The zero-order valence-corrected chi connectivity index (χ0v) is 11.3. The van der Waals surface area contributed by atoms with E-state index >= 15 is 0 Å². The van der Waals surface area contributed by atoms with E-state index in [1.807, 2.05) is 18.2 Å². The molecule has 0 spiro atoms. The fraction of sp³-hybridized carbons (Fsp3) is 0.308. The van der Waals surface area contributed by atoms with Gasteiger partial charge in [-0.1, -0.05) is 34.8 Å². The van der Waals surface area contributed by atoms with Gasteiger partial charge in [-0.25, -0.2) is 0 Å². The van der Waals surface area contributed by atoms with E-state index in [1.165, 1.54) is 11.8 Å². The third-order valence-corrected chi connectivity index (χ3v) is 3.42. The Morgan fingerprint density at radius 3 is 2.68 bits per heavy atom. The molecule has 0 bridgehead atoms. The number of hydrogen-bond acceptors (Lipinski definition) is 5. The molecule has 2 rings (SSSR count). The highest BCUT2D eigenvalue weighted by molar-refractivity contribution is 7.07. The lowest BCUT2D eigenvalue weighted by atomic mass is 10.1. The molecule has 19 heavy (non-hydrogen) atoms. The summed E-state index contributed by atoms with van der Waals surface area (Å²) >= 11 is 1.11. The van der Waals surface area contributed by atoms with Gasteiger partial charge in [-0.2, -0.15) is 0 Å². The number of nitrogens with zero attached hydrogens (tertiary/aromatic N) is 3. The highest BCUT2D eigenvalue weighted by atomic mass is 32.1. The number of rotatable bonds is 6. The van der Waals surface area contributed by atoms with Crippen molar-refractivity contribution in [2.45, 2.75) is 6.42 Å². The van der Waals surface area contributed by atoms with Crippen molar-refractivity contribution in [1.29, 1.82) is 0 Å². The van der Waals surface area contributed by atoms with E-state index in [1.54, 1.807) is 4.90 Å². The monoisotopic (exact) mass is 276 g/mol. The van der Waals surface area contributed by atoms with Gasteiger partial charge in [0.2, 0.25) is 0 Å². The quantitative estimate of drug-likeness (QED) is 0.860. The normalized spacial score (nSPS) is 10.4. The zero-order chi connectivity index (χ0) is 13.5. The Labute approximate surface area is 116 Å². The van der Waals surface area contributed by atoms with E-state index in [0.717, 1.165) is 18.0 Å². The van der Waals surface area contributed by atoms with Gasteiger partial charge in [0.05, 0.1) is 6.20 Å². The van der Waals surface area contributed by atoms with Gasteiger partial charge >= 0.3 is 0 Å². The minimum atomic E-state index is -0.0450. The van der Waals surface area contributed by atoms with Crippen LogP contribution in [0.25, 0.3) is 0 Å². The number of amides is 1. The summed E-state index contributed by atoms with van der Waals surface area (Å²) in [4.78, 5) is 14.5. The molecule has 1 amide bonds. The molecule has 100 valence electrons. The molecule has 0 saturated heterocycles. The Bertz CT molecular complexity index is 501. The predicted molar refractivity (Wildman–Crippen MR) is 75.0 cm³/mol. The maximum Gasteiger partial charge on any atom is 0.267 e. The third-order valence-electron chi connectivity index (χ3n) is 2.77. The average Bonchev–Trinajstić information content (AvgIpc) is 2.98. The molecular weight excluding hydrogens is 260 g/mol. The van der Waals surface area contributed by atoms with Crippen LogP contribution in [-0.4, -0.2) is 40.0 Å². The Morgan fingerprint density at radius 1 is 1.26 bits per heavy atom. The maximum atomic E-state index is 12.2. The first-order valence-electron chi connectivity index (χ1n) is 6.12. The predicted octanol–water partition coefficient (Wildman–Crippen LogP) is 1.18. The minimum absolute atomic E-state index is 0.0450. The third kappa shape index (κ3) is 3.84. The smallest absolute Gasteiger partial charge is 0.267 e. The Morgan fingerprint density at radius 2 is 2.05 bits per heavy atom. The van der Waals surface area contributed by atoms with Gasteiger partial charge < -0.3 is 10.6 Å². The second-order valence-corrected chi connectivity index (χ2v) is 4.88. The number of carbonyl (C=O) groups is 1. The molecule has 5 nitrogen and oxygen atoms in total. The van der Waals surface area contributed by atoms with Gasteiger partial charge in [0.1, 0.15) is 4.88 Å². The van der Waals surface area contributed by atoms with Gasteiger partial charge in [0, 0.05) is 19.6 Å². The van der Waals surface area contributed by atoms with Crippen molar-refractivity contribution in [1.82, 2.24) is 14.5 Å². The molecule has 0 saturated carbocycles. The van der Waals surface area contributed by atoms with Crippen molar-refractivity contribution in [2.24, 2.45) is 5.73 Å². The van der Waals surface area contributed by atoms with Crippen LogP contribution >= 0.6 is 11.5 Å². The van der Waals surface area contributed by atoms with Gasteiger partial charge in [0.15, 0.2) is 0 Å². The summed E-state index contributed by atoms with van der Waals surface area (Å²) < 4.78 is 3.72. The molecular formula is C13H16N4OS. The summed E-state index contributed by atoms with van der Waals surface area (Å²) in [6.07, 6.45) is 2.32. The molecule has 0 aliphatic carbocycles. The van der Waals surface area contributed by atoms with Crippen LogP contribution in [0, 0.1) is 0 Å². The first-order chi connectivity index (χ1) is 9.31. The SMILES string of the molecule is NCCN(CCc1ccccc1)C(=O)c1cnns1. The Kier molecular flexibility index (Phi) is 5.00. The van der Waals surface area contributed by atoms with Crippen LogP contribution in [0.4, 0.5) is 0 Å². The number of aromatic nitrogens is 2. The molecule has 2 aromatic rings. The fourth-order valence-electron chi connectivity index (χ4n) is 1.80. The summed E-state index contributed by atoms with van der Waals surface area (Å²) in [6.45, 7) is 1.65. The Hall–Kier alpha value is -1.79. The average molecular weight is 276 g/mol. The van der Waals surface area contributed by atoms with Gasteiger partial charge in [-0.3, -0.25) is 4.79 Å². The zero-order valence-electron chi connectivity index (χ0n) is 10.5. The number of nitrogens with two attached hydrogens (primary N) is 1. The second-order valence-electron chi connectivity index (χ2n) is 4.10. The first-order valence-corrected chi connectivity index (χ1v) is 6.89. The highest BCUT2D eigenvalue weighted by Crippen LogP contribution is 2.09. The fourth-order valence-corrected chi connectivity index (χ4v) is 2.28. The molecule has 0 radical (unpaired) electrons. The molecule has 1 aromatic heterocycles. The van der Waals surface area contributed by atoms with Crippen molar-refractivity contribution >= 4 is 17.4 Å². The van der Waals surface area contributed by atoms with Gasteiger partial charge in [-0.15, -0.1) is 5.10 Å². The van der Waals surface area contributed by atoms with Crippen molar-refractivity contribution in [3.8, 4) is 0 Å². The molecule has 6 heteroatoms. The van der Waals surface area contributed by atoms with Crippen LogP contribution in [0.15, 0.2) is 36.5 Å².